The van der Waals surface area contributed by atoms with Crippen LogP contribution in [0.25, 0.3) is 0 Å². The van der Waals surface area contributed by atoms with Gasteiger partial charge in [0.15, 0.2) is 0 Å². The zero-order valence-electron chi connectivity index (χ0n) is 14.5. The lowest BCUT2D eigenvalue weighted by Gasteiger charge is -2.13. The number of rotatable bonds is 6. The van der Waals surface area contributed by atoms with Gasteiger partial charge in [-0.25, -0.2) is 13.6 Å². The summed E-state index contributed by atoms with van der Waals surface area (Å²) in [7, 11) is -3.76. The van der Waals surface area contributed by atoms with E-state index in [4.69, 9.17) is 9.88 Å². The minimum Gasteiger partial charge on any atom is -0.491 e. The van der Waals surface area contributed by atoms with Gasteiger partial charge in [0.25, 0.3) is 5.91 Å². The zero-order chi connectivity index (χ0) is 18.6. The van der Waals surface area contributed by atoms with Gasteiger partial charge in [-0.3, -0.25) is 4.79 Å². The van der Waals surface area contributed by atoms with Gasteiger partial charge < -0.3 is 10.1 Å². The quantitative estimate of drug-likeness (QED) is 0.769. The molecule has 25 heavy (non-hydrogen) atoms. The fraction of sp³-hybridized carbons (Fsp3) is 0.278. The van der Waals surface area contributed by atoms with E-state index < -0.39 is 10.0 Å². The molecule has 2 rings (SSSR count). The molecule has 0 saturated carbocycles. The number of aryl methyl sites for hydroxylation is 3. The number of benzene rings is 2. The summed E-state index contributed by atoms with van der Waals surface area (Å²) in [5.41, 5.74) is 2.81. The molecule has 0 fully saturated rings. The first kappa shape index (κ1) is 19.0. The summed E-state index contributed by atoms with van der Waals surface area (Å²) in [4.78, 5) is 12.1. The molecule has 2 aromatic carbocycles. The van der Waals surface area contributed by atoms with Crippen LogP contribution in [-0.2, 0) is 10.0 Å². The highest BCUT2D eigenvalue weighted by atomic mass is 32.2. The number of amides is 1. The number of ether oxygens (including phenoxy) is 1. The molecule has 0 bridgehead atoms. The van der Waals surface area contributed by atoms with Gasteiger partial charge in [-0.1, -0.05) is 17.7 Å². The van der Waals surface area contributed by atoms with Gasteiger partial charge in [0, 0.05) is 5.56 Å². The summed E-state index contributed by atoms with van der Waals surface area (Å²) < 4.78 is 28.6. The first-order chi connectivity index (χ1) is 11.7. The van der Waals surface area contributed by atoms with Gasteiger partial charge in [0.05, 0.1) is 11.4 Å². The van der Waals surface area contributed by atoms with Gasteiger partial charge in [0.2, 0.25) is 10.0 Å². The molecule has 0 aliphatic carbocycles. The normalized spacial score (nSPS) is 11.2. The second-order valence-corrected chi connectivity index (χ2v) is 7.43. The van der Waals surface area contributed by atoms with Crippen LogP contribution in [0.2, 0.25) is 0 Å². The van der Waals surface area contributed by atoms with Crippen molar-refractivity contribution in [1.82, 2.24) is 5.32 Å². The number of hydrogen-bond donors (Lipinski definition) is 2. The summed E-state index contributed by atoms with van der Waals surface area (Å²) in [5, 5.41) is 7.97. The molecule has 7 heteroatoms. The van der Waals surface area contributed by atoms with Gasteiger partial charge in [-0.2, -0.15) is 0 Å². The lowest BCUT2D eigenvalue weighted by Crippen LogP contribution is -2.28. The summed E-state index contributed by atoms with van der Waals surface area (Å²) in [5.74, 6) is 0.402. The van der Waals surface area contributed by atoms with Crippen LogP contribution in [-0.4, -0.2) is 27.5 Å². The number of hydrogen-bond acceptors (Lipinski definition) is 4. The van der Waals surface area contributed by atoms with Crippen molar-refractivity contribution in [2.75, 3.05) is 13.2 Å². The Labute approximate surface area is 148 Å². The summed E-state index contributed by atoms with van der Waals surface area (Å²) in [6.07, 6.45) is 0. The standard InChI is InChI=1S/C18H22N2O4S/c1-12-5-4-6-15(9-12)18(21)20-7-8-24-16-10-14(3)17(11-13(16)2)25(19,22)23/h4-6,9-11H,7-8H2,1-3H3,(H,20,21)(H2,19,22,23). The molecule has 0 aliphatic rings. The highest BCUT2D eigenvalue weighted by Crippen LogP contribution is 2.25. The Hall–Kier alpha value is -2.38. The number of carbonyl (C=O) groups is 1. The Morgan fingerprint density at radius 3 is 2.48 bits per heavy atom. The number of nitrogens with one attached hydrogen (secondary N) is 1. The molecule has 0 heterocycles. The minimum atomic E-state index is -3.76. The largest absolute Gasteiger partial charge is 0.491 e. The van der Waals surface area contributed by atoms with Crippen molar-refractivity contribution in [3.05, 3.63) is 58.7 Å². The molecule has 1 amide bonds. The van der Waals surface area contributed by atoms with Crippen molar-refractivity contribution in [2.45, 2.75) is 25.7 Å². The van der Waals surface area contributed by atoms with E-state index in [2.05, 4.69) is 5.32 Å². The van der Waals surface area contributed by atoms with Crippen LogP contribution in [0.5, 0.6) is 5.75 Å². The molecule has 0 aromatic heterocycles. The van der Waals surface area contributed by atoms with Crippen molar-refractivity contribution < 1.29 is 17.9 Å². The van der Waals surface area contributed by atoms with Gasteiger partial charge in [-0.15, -0.1) is 0 Å². The third kappa shape index (κ3) is 5.04. The van der Waals surface area contributed by atoms with Gasteiger partial charge in [-0.05, 0) is 56.2 Å². The molecule has 0 radical (unpaired) electrons. The van der Waals surface area contributed by atoms with Crippen LogP contribution in [0.1, 0.15) is 27.0 Å². The molecular formula is C18H22N2O4S. The van der Waals surface area contributed by atoms with E-state index in [9.17, 15) is 13.2 Å². The van der Waals surface area contributed by atoms with Crippen molar-refractivity contribution in [1.29, 1.82) is 0 Å². The van der Waals surface area contributed by atoms with E-state index >= 15 is 0 Å². The Bertz CT molecular complexity index is 892. The topological polar surface area (TPSA) is 98.5 Å². The zero-order valence-corrected chi connectivity index (χ0v) is 15.3. The second kappa shape index (κ2) is 7.67. The molecule has 3 N–H and O–H groups in total. The Morgan fingerprint density at radius 2 is 1.84 bits per heavy atom. The van der Waals surface area contributed by atoms with Gasteiger partial charge >= 0.3 is 0 Å². The highest BCUT2D eigenvalue weighted by Gasteiger charge is 2.14. The minimum absolute atomic E-state index is 0.0881. The van der Waals surface area contributed by atoms with Gasteiger partial charge in [0.1, 0.15) is 12.4 Å². The third-order valence-electron chi connectivity index (χ3n) is 3.70. The molecule has 0 atom stereocenters. The van der Waals surface area contributed by atoms with E-state index in [1.165, 1.54) is 6.07 Å². The maximum Gasteiger partial charge on any atom is 0.251 e. The number of nitrogens with two attached hydrogens (primary N) is 1. The average molecular weight is 362 g/mol. The molecule has 0 saturated heterocycles. The summed E-state index contributed by atoms with van der Waals surface area (Å²) in [6, 6.07) is 10.5. The van der Waals surface area contributed by atoms with Crippen molar-refractivity contribution in [2.24, 2.45) is 5.14 Å². The number of primary sulfonamides is 1. The van der Waals surface area contributed by atoms with E-state index in [-0.39, 0.29) is 17.4 Å². The van der Waals surface area contributed by atoms with Crippen molar-refractivity contribution in [3.63, 3.8) is 0 Å². The predicted molar refractivity (Wildman–Crippen MR) is 96.3 cm³/mol. The third-order valence-corrected chi connectivity index (χ3v) is 4.76. The maximum absolute atomic E-state index is 12.0. The van der Waals surface area contributed by atoms with Crippen LogP contribution >= 0.6 is 0 Å². The first-order valence-electron chi connectivity index (χ1n) is 7.80. The lowest BCUT2D eigenvalue weighted by atomic mass is 10.1. The molecular weight excluding hydrogens is 340 g/mol. The molecule has 0 spiro atoms. The molecule has 6 nitrogen and oxygen atoms in total. The fourth-order valence-electron chi connectivity index (χ4n) is 2.44. The van der Waals surface area contributed by atoms with Crippen molar-refractivity contribution >= 4 is 15.9 Å². The Morgan fingerprint density at radius 1 is 1.12 bits per heavy atom. The monoisotopic (exact) mass is 362 g/mol. The van der Waals surface area contributed by atoms with E-state index in [1.807, 2.05) is 25.1 Å². The molecule has 2 aromatic rings. The lowest BCUT2D eigenvalue weighted by molar-refractivity contribution is 0.0947. The first-order valence-corrected chi connectivity index (χ1v) is 9.35. The van der Waals surface area contributed by atoms with Crippen LogP contribution in [0.3, 0.4) is 0 Å². The van der Waals surface area contributed by atoms with Crippen LogP contribution in [0.4, 0.5) is 0 Å². The molecule has 134 valence electrons. The molecule has 0 aliphatic heterocycles. The molecule has 0 unspecified atom stereocenters. The van der Waals surface area contributed by atoms with Crippen LogP contribution in [0.15, 0.2) is 41.3 Å². The number of sulfonamides is 1. The maximum atomic E-state index is 12.0. The second-order valence-electron chi connectivity index (χ2n) is 5.90. The van der Waals surface area contributed by atoms with Crippen LogP contribution in [0, 0.1) is 20.8 Å². The van der Waals surface area contributed by atoms with E-state index in [0.717, 1.165) is 5.56 Å². The number of carbonyl (C=O) groups excluding carboxylic acids is 1. The van der Waals surface area contributed by atoms with Crippen molar-refractivity contribution in [3.8, 4) is 5.75 Å². The summed E-state index contributed by atoms with van der Waals surface area (Å²) in [6.45, 7) is 5.94. The SMILES string of the molecule is Cc1cccc(C(=O)NCCOc2cc(C)c(S(N)(=O)=O)cc2C)c1. The fourth-order valence-corrected chi connectivity index (χ4v) is 3.29. The smallest absolute Gasteiger partial charge is 0.251 e. The summed E-state index contributed by atoms with van der Waals surface area (Å²) >= 11 is 0. The Kier molecular flexibility index (Phi) is 5.81. The average Bonchev–Trinajstić information content (AvgIpc) is 2.53. The highest BCUT2D eigenvalue weighted by molar-refractivity contribution is 7.89. The van der Waals surface area contributed by atoms with Crippen LogP contribution < -0.4 is 15.2 Å². The Balaban J connectivity index is 1.94. The predicted octanol–water partition coefficient (Wildman–Crippen LogP) is 2.07. The van der Waals surface area contributed by atoms with E-state index in [1.54, 1.807) is 26.0 Å². The van der Waals surface area contributed by atoms with E-state index in [0.29, 0.717) is 29.0 Å².